The number of nitriles is 1. The highest BCUT2D eigenvalue weighted by Gasteiger charge is 2.04. The van der Waals surface area contributed by atoms with Crippen LogP contribution in [-0.2, 0) is 6.54 Å². The van der Waals surface area contributed by atoms with E-state index in [4.69, 9.17) is 10.00 Å². The smallest absolute Gasteiger partial charge is 0.213 e. The van der Waals surface area contributed by atoms with Crippen LogP contribution >= 0.6 is 0 Å². The average molecular weight is 271 g/mol. The minimum absolute atomic E-state index is 0.356. The summed E-state index contributed by atoms with van der Waals surface area (Å²) in [5.74, 6) is 0.201. The molecule has 5 heteroatoms. The summed E-state index contributed by atoms with van der Waals surface area (Å²) in [5, 5.41) is 12.1. The summed E-state index contributed by atoms with van der Waals surface area (Å²) >= 11 is 0. The SMILES string of the molecule is CCOc1ccc(NCc2cc(F)ccc2C#N)cn1. The molecule has 0 aliphatic carbocycles. The molecule has 0 unspecified atom stereocenters. The second-order valence-corrected chi connectivity index (χ2v) is 4.08. The number of ether oxygens (including phenoxy) is 1. The number of hydrogen-bond donors (Lipinski definition) is 1. The maximum Gasteiger partial charge on any atom is 0.213 e. The van der Waals surface area contributed by atoms with E-state index in [9.17, 15) is 4.39 Å². The Bertz CT molecular complexity index is 620. The van der Waals surface area contributed by atoms with E-state index in [1.165, 1.54) is 18.2 Å². The lowest BCUT2D eigenvalue weighted by molar-refractivity contribution is 0.327. The van der Waals surface area contributed by atoms with E-state index < -0.39 is 0 Å². The third-order valence-electron chi connectivity index (χ3n) is 2.70. The second-order valence-electron chi connectivity index (χ2n) is 4.08. The predicted octanol–water partition coefficient (Wildman–Crippen LogP) is 3.10. The van der Waals surface area contributed by atoms with Gasteiger partial charge in [-0.25, -0.2) is 9.37 Å². The monoisotopic (exact) mass is 271 g/mol. The van der Waals surface area contributed by atoms with Crippen LogP contribution in [0.25, 0.3) is 0 Å². The van der Waals surface area contributed by atoms with Crippen molar-refractivity contribution >= 4 is 5.69 Å². The van der Waals surface area contributed by atoms with Crippen molar-refractivity contribution in [3.63, 3.8) is 0 Å². The first-order chi connectivity index (χ1) is 9.72. The third kappa shape index (κ3) is 3.45. The Balaban J connectivity index is 2.05. The maximum atomic E-state index is 13.2. The van der Waals surface area contributed by atoms with Crippen molar-refractivity contribution in [2.24, 2.45) is 0 Å². The topological polar surface area (TPSA) is 57.9 Å². The number of halogens is 1. The summed E-state index contributed by atoms with van der Waals surface area (Å²) < 4.78 is 18.4. The molecule has 0 fully saturated rings. The Morgan fingerprint density at radius 1 is 1.35 bits per heavy atom. The van der Waals surface area contributed by atoms with E-state index in [0.29, 0.717) is 30.2 Å². The van der Waals surface area contributed by atoms with Crippen LogP contribution in [0.15, 0.2) is 36.5 Å². The lowest BCUT2D eigenvalue weighted by Gasteiger charge is -2.08. The number of aromatic nitrogens is 1. The largest absolute Gasteiger partial charge is 0.478 e. The van der Waals surface area contributed by atoms with E-state index in [-0.39, 0.29) is 5.82 Å². The van der Waals surface area contributed by atoms with Crippen molar-refractivity contribution in [3.8, 4) is 11.9 Å². The number of pyridine rings is 1. The van der Waals surface area contributed by atoms with E-state index in [2.05, 4.69) is 10.3 Å². The number of nitrogens with one attached hydrogen (secondary N) is 1. The standard InChI is InChI=1S/C15H14FN3O/c1-2-20-15-6-5-14(10-19-15)18-9-12-7-13(16)4-3-11(12)8-17/h3-7,10,18H,2,9H2,1H3. The van der Waals surface area contributed by atoms with Gasteiger partial charge in [-0.1, -0.05) is 0 Å². The Morgan fingerprint density at radius 3 is 2.85 bits per heavy atom. The molecule has 2 rings (SSSR count). The fourth-order valence-corrected chi connectivity index (χ4v) is 1.73. The second kappa shape index (κ2) is 6.53. The molecule has 0 saturated carbocycles. The third-order valence-corrected chi connectivity index (χ3v) is 2.70. The molecule has 0 atom stereocenters. The molecule has 20 heavy (non-hydrogen) atoms. The normalized spacial score (nSPS) is 9.85. The molecule has 1 aromatic heterocycles. The highest BCUT2D eigenvalue weighted by atomic mass is 19.1. The molecule has 2 aromatic rings. The quantitative estimate of drug-likeness (QED) is 0.907. The predicted molar refractivity (Wildman–Crippen MR) is 73.8 cm³/mol. The van der Waals surface area contributed by atoms with Gasteiger partial charge in [-0.05, 0) is 36.8 Å². The number of nitrogens with zero attached hydrogens (tertiary/aromatic N) is 2. The lowest BCUT2D eigenvalue weighted by atomic mass is 10.1. The first-order valence-corrected chi connectivity index (χ1v) is 6.24. The summed E-state index contributed by atoms with van der Waals surface area (Å²) in [5.41, 5.74) is 1.85. The Hall–Kier alpha value is -2.61. The van der Waals surface area contributed by atoms with Gasteiger partial charge in [-0.15, -0.1) is 0 Å². The van der Waals surface area contributed by atoms with Gasteiger partial charge in [0.05, 0.1) is 30.1 Å². The minimum Gasteiger partial charge on any atom is -0.478 e. The number of anilines is 1. The zero-order valence-corrected chi connectivity index (χ0v) is 11.1. The lowest BCUT2D eigenvalue weighted by Crippen LogP contribution is -2.03. The molecule has 1 N–H and O–H groups in total. The zero-order chi connectivity index (χ0) is 14.4. The minimum atomic E-state index is -0.356. The Morgan fingerprint density at radius 2 is 2.20 bits per heavy atom. The van der Waals surface area contributed by atoms with Gasteiger partial charge in [0, 0.05) is 12.6 Å². The summed E-state index contributed by atoms with van der Waals surface area (Å²) in [6.07, 6.45) is 1.64. The van der Waals surface area contributed by atoms with Gasteiger partial charge < -0.3 is 10.1 Å². The molecule has 0 spiro atoms. The summed E-state index contributed by atoms with van der Waals surface area (Å²) in [6.45, 7) is 2.81. The maximum absolute atomic E-state index is 13.2. The van der Waals surface area contributed by atoms with Crippen LogP contribution in [0.2, 0.25) is 0 Å². The van der Waals surface area contributed by atoms with Gasteiger partial charge in [-0.2, -0.15) is 5.26 Å². The van der Waals surface area contributed by atoms with Crippen molar-refractivity contribution in [2.75, 3.05) is 11.9 Å². The fraction of sp³-hybridized carbons (Fsp3) is 0.200. The highest BCUT2D eigenvalue weighted by molar-refractivity contribution is 5.45. The molecule has 4 nitrogen and oxygen atoms in total. The van der Waals surface area contributed by atoms with E-state index >= 15 is 0 Å². The van der Waals surface area contributed by atoms with Crippen LogP contribution in [-0.4, -0.2) is 11.6 Å². The Labute approximate surface area is 116 Å². The average Bonchev–Trinajstić information content (AvgIpc) is 2.47. The molecule has 0 saturated heterocycles. The van der Waals surface area contributed by atoms with Crippen LogP contribution in [0.1, 0.15) is 18.1 Å². The first kappa shape index (κ1) is 13.8. The molecule has 0 aliphatic heterocycles. The van der Waals surface area contributed by atoms with Gasteiger partial charge >= 0.3 is 0 Å². The fourth-order valence-electron chi connectivity index (χ4n) is 1.73. The summed E-state index contributed by atoms with van der Waals surface area (Å²) in [4.78, 5) is 4.12. The van der Waals surface area contributed by atoms with Crippen LogP contribution in [0.5, 0.6) is 5.88 Å². The van der Waals surface area contributed by atoms with Gasteiger partial charge in [0.25, 0.3) is 0 Å². The van der Waals surface area contributed by atoms with Crippen LogP contribution in [0.3, 0.4) is 0 Å². The van der Waals surface area contributed by atoms with Crippen molar-refractivity contribution in [2.45, 2.75) is 13.5 Å². The van der Waals surface area contributed by atoms with Crippen molar-refractivity contribution < 1.29 is 9.13 Å². The van der Waals surface area contributed by atoms with E-state index in [1.54, 1.807) is 12.3 Å². The highest BCUT2D eigenvalue weighted by Crippen LogP contribution is 2.15. The van der Waals surface area contributed by atoms with Crippen LogP contribution in [0.4, 0.5) is 10.1 Å². The van der Waals surface area contributed by atoms with Crippen LogP contribution in [0, 0.1) is 17.1 Å². The van der Waals surface area contributed by atoms with Crippen LogP contribution < -0.4 is 10.1 Å². The molecule has 0 bridgehead atoms. The molecular weight excluding hydrogens is 257 g/mol. The van der Waals surface area contributed by atoms with Crippen molar-refractivity contribution in [1.29, 1.82) is 5.26 Å². The molecule has 0 amide bonds. The Kier molecular flexibility index (Phi) is 4.51. The summed E-state index contributed by atoms with van der Waals surface area (Å²) in [6, 6.07) is 9.73. The molecule has 1 heterocycles. The van der Waals surface area contributed by atoms with E-state index in [1.807, 2.05) is 19.1 Å². The first-order valence-electron chi connectivity index (χ1n) is 6.24. The van der Waals surface area contributed by atoms with Crippen molar-refractivity contribution in [3.05, 3.63) is 53.5 Å². The zero-order valence-electron chi connectivity index (χ0n) is 11.1. The molecule has 0 aliphatic rings. The number of benzene rings is 1. The molecule has 0 radical (unpaired) electrons. The molecular formula is C15H14FN3O. The van der Waals surface area contributed by atoms with Gasteiger partial charge in [0.15, 0.2) is 0 Å². The van der Waals surface area contributed by atoms with Gasteiger partial charge in [-0.3, -0.25) is 0 Å². The van der Waals surface area contributed by atoms with Gasteiger partial charge in [0.2, 0.25) is 5.88 Å². The van der Waals surface area contributed by atoms with Crippen molar-refractivity contribution in [1.82, 2.24) is 4.98 Å². The van der Waals surface area contributed by atoms with Gasteiger partial charge in [0.1, 0.15) is 5.82 Å². The molecule has 102 valence electrons. The molecule has 1 aromatic carbocycles. The summed E-state index contributed by atoms with van der Waals surface area (Å²) in [7, 11) is 0. The number of rotatable bonds is 5. The number of hydrogen-bond acceptors (Lipinski definition) is 4. The van der Waals surface area contributed by atoms with E-state index in [0.717, 1.165) is 5.69 Å².